The van der Waals surface area contributed by atoms with Crippen LogP contribution in [0.3, 0.4) is 0 Å². The number of halogens is 3. The molecule has 166 valence electrons. The summed E-state index contributed by atoms with van der Waals surface area (Å²) in [6.07, 6.45) is -1.03. The Labute approximate surface area is 178 Å². The predicted octanol–water partition coefficient (Wildman–Crippen LogP) is 4.15. The largest absolute Gasteiger partial charge is 0.416 e. The second-order valence-electron chi connectivity index (χ2n) is 8.99. The van der Waals surface area contributed by atoms with Crippen LogP contribution in [0.1, 0.15) is 50.6 Å². The number of hydrogen-bond donors (Lipinski definition) is 1. The molecule has 1 unspecified atom stereocenters. The maximum absolute atomic E-state index is 13.5. The fraction of sp³-hybridized carbons (Fsp3) is 0.500. The van der Waals surface area contributed by atoms with Gasteiger partial charge in [-0.15, -0.1) is 0 Å². The Morgan fingerprint density at radius 3 is 2.55 bits per heavy atom. The van der Waals surface area contributed by atoms with Crippen molar-refractivity contribution in [1.82, 2.24) is 19.7 Å². The fourth-order valence-corrected chi connectivity index (χ4v) is 4.01. The molecule has 6 nitrogen and oxygen atoms in total. The highest BCUT2D eigenvalue weighted by molar-refractivity contribution is 5.87. The maximum Gasteiger partial charge on any atom is 0.416 e. The van der Waals surface area contributed by atoms with Crippen molar-refractivity contribution in [2.24, 2.45) is 0 Å². The third-order valence-electron chi connectivity index (χ3n) is 5.65. The first-order valence-corrected chi connectivity index (χ1v) is 10.4. The summed E-state index contributed by atoms with van der Waals surface area (Å²) in [5, 5.41) is 14.8. The van der Waals surface area contributed by atoms with Gasteiger partial charge >= 0.3 is 6.18 Å². The van der Waals surface area contributed by atoms with E-state index in [4.69, 9.17) is 9.97 Å². The molecule has 1 atom stereocenters. The van der Waals surface area contributed by atoms with E-state index in [2.05, 4.69) is 10.00 Å². The minimum Gasteiger partial charge on any atom is -0.394 e. The van der Waals surface area contributed by atoms with Crippen molar-refractivity contribution in [1.29, 1.82) is 0 Å². The highest BCUT2D eigenvalue weighted by Gasteiger charge is 2.34. The van der Waals surface area contributed by atoms with Crippen molar-refractivity contribution in [3.8, 4) is 0 Å². The van der Waals surface area contributed by atoms with Crippen molar-refractivity contribution in [3.05, 3.63) is 47.4 Å². The first-order chi connectivity index (χ1) is 14.6. The zero-order chi connectivity index (χ0) is 22.4. The normalized spacial score (nSPS) is 17.6. The zero-order valence-electron chi connectivity index (χ0n) is 17.8. The van der Waals surface area contributed by atoms with Crippen molar-refractivity contribution in [2.45, 2.75) is 57.8 Å². The Hall–Kier alpha value is -2.68. The summed E-state index contributed by atoms with van der Waals surface area (Å²) in [6, 6.07) is 5.48. The SMILES string of the molecule is CC(C)(C)c1nc(N2CCCC2CO)c2cnn(Cc3ccccc3C(F)(F)F)c2n1. The van der Waals surface area contributed by atoms with Gasteiger partial charge in [0.1, 0.15) is 11.6 Å². The third-order valence-corrected chi connectivity index (χ3v) is 5.65. The minimum absolute atomic E-state index is 0.0173. The molecule has 9 heteroatoms. The lowest BCUT2D eigenvalue weighted by Gasteiger charge is -2.27. The first-order valence-electron chi connectivity index (χ1n) is 10.4. The van der Waals surface area contributed by atoms with Crippen LogP contribution in [0.25, 0.3) is 11.0 Å². The number of anilines is 1. The smallest absolute Gasteiger partial charge is 0.394 e. The molecular weight excluding hydrogens is 407 g/mol. The molecule has 1 N–H and O–H groups in total. The van der Waals surface area contributed by atoms with Crippen LogP contribution < -0.4 is 4.90 Å². The van der Waals surface area contributed by atoms with E-state index < -0.39 is 11.7 Å². The van der Waals surface area contributed by atoms with Crippen LogP contribution in [0.15, 0.2) is 30.5 Å². The lowest BCUT2D eigenvalue weighted by atomic mass is 9.95. The molecular formula is C22H26F3N5O. The second kappa shape index (κ2) is 7.78. The van der Waals surface area contributed by atoms with Crippen molar-refractivity contribution >= 4 is 16.9 Å². The molecule has 0 radical (unpaired) electrons. The van der Waals surface area contributed by atoms with Gasteiger partial charge in [0.25, 0.3) is 0 Å². The highest BCUT2D eigenvalue weighted by Crippen LogP contribution is 2.35. The van der Waals surface area contributed by atoms with E-state index in [0.29, 0.717) is 22.7 Å². The third kappa shape index (κ3) is 4.11. The Morgan fingerprint density at radius 1 is 1.13 bits per heavy atom. The molecule has 31 heavy (non-hydrogen) atoms. The molecule has 1 aliphatic heterocycles. The first kappa shape index (κ1) is 21.5. The van der Waals surface area contributed by atoms with E-state index in [-0.39, 0.29) is 30.2 Å². The number of hydrogen-bond acceptors (Lipinski definition) is 5. The molecule has 0 bridgehead atoms. The van der Waals surface area contributed by atoms with Gasteiger partial charge in [0.15, 0.2) is 5.65 Å². The molecule has 0 amide bonds. The lowest BCUT2D eigenvalue weighted by molar-refractivity contribution is -0.138. The van der Waals surface area contributed by atoms with E-state index in [9.17, 15) is 18.3 Å². The molecule has 1 aromatic carbocycles. The highest BCUT2D eigenvalue weighted by atomic mass is 19.4. The van der Waals surface area contributed by atoms with Crippen LogP contribution >= 0.6 is 0 Å². The minimum atomic E-state index is -4.44. The summed E-state index contributed by atoms with van der Waals surface area (Å²) in [5.74, 6) is 1.27. The van der Waals surface area contributed by atoms with Gasteiger partial charge in [0.05, 0.1) is 36.3 Å². The summed E-state index contributed by atoms with van der Waals surface area (Å²) in [4.78, 5) is 11.6. The summed E-state index contributed by atoms with van der Waals surface area (Å²) >= 11 is 0. The standard InChI is InChI=1S/C22H26F3N5O/c1-21(2,3)20-27-18(29-10-6-8-15(29)13-31)16-11-26-30(19(16)28-20)12-14-7-4-5-9-17(14)22(23,24)25/h4-5,7,9,11,15,31H,6,8,10,12-13H2,1-3H3. The number of fused-ring (bicyclic) bond motifs is 1. The Balaban J connectivity index is 1.85. The van der Waals surface area contributed by atoms with Gasteiger partial charge in [-0.05, 0) is 24.5 Å². The molecule has 2 aromatic heterocycles. The average Bonchev–Trinajstić information content (AvgIpc) is 3.33. The summed E-state index contributed by atoms with van der Waals surface area (Å²) in [6.45, 7) is 6.69. The van der Waals surface area contributed by atoms with Crippen LogP contribution in [0.5, 0.6) is 0 Å². The molecule has 1 saturated heterocycles. The molecule has 3 heterocycles. The van der Waals surface area contributed by atoms with Gasteiger partial charge in [-0.3, -0.25) is 0 Å². The number of alkyl halides is 3. The van der Waals surface area contributed by atoms with Gasteiger partial charge in [-0.1, -0.05) is 39.0 Å². The van der Waals surface area contributed by atoms with E-state index in [1.807, 2.05) is 20.8 Å². The number of aliphatic hydroxyl groups excluding tert-OH is 1. The molecule has 0 spiro atoms. The van der Waals surface area contributed by atoms with Gasteiger partial charge in [0.2, 0.25) is 0 Å². The molecule has 1 fully saturated rings. The van der Waals surface area contributed by atoms with E-state index in [0.717, 1.165) is 25.5 Å². The van der Waals surface area contributed by atoms with Crippen LogP contribution in [-0.2, 0) is 18.1 Å². The second-order valence-corrected chi connectivity index (χ2v) is 8.99. The molecule has 0 saturated carbocycles. The predicted molar refractivity (Wildman–Crippen MR) is 112 cm³/mol. The van der Waals surface area contributed by atoms with Crippen LogP contribution in [0.2, 0.25) is 0 Å². The Kier molecular flexibility index (Phi) is 5.41. The molecule has 1 aliphatic rings. The molecule has 4 rings (SSSR count). The zero-order valence-corrected chi connectivity index (χ0v) is 17.8. The van der Waals surface area contributed by atoms with Crippen molar-refractivity contribution < 1.29 is 18.3 Å². The van der Waals surface area contributed by atoms with Gasteiger partial charge in [0, 0.05) is 12.0 Å². The summed E-state index contributed by atoms with van der Waals surface area (Å²) in [7, 11) is 0. The summed E-state index contributed by atoms with van der Waals surface area (Å²) < 4.78 is 41.9. The topological polar surface area (TPSA) is 67.1 Å². The van der Waals surface area contributed by atoms with Gasteiger partial charge in [-0.2, -0.15) is 18.3 Å². The van der Waals surface area contributed by atoms with Crippen molar-refractivity contribution in [2.75, 3.05) is 18.1 Å². The monoisotopic (exact) mass is 433 g/mol. The van der Waals surface area contributed by atoms with Gasteiger partial charge in [-0.25, -0.2) is 14.6 Å². The van der Waals surface area contributed by atoms with Gasteiger partial charge < -0.3 is 10.0 Å². The number of benzene rings is 1. The fourth-order valence-electron chi connectivity index (χ4n) is 4.01. The molecule has 3 aromatic rings. The van der Waals surface area contributed by atoms with Crippen molar-refractivity contribution in [3.63, 3.8) is 0 Å². The number of aliphatic hydroxyl groups is 1. The number of rotatable bonds is 4. The Morgan fingerprint density at radius 2 is 1.87 bits per heavy atom. The van der Waals surface area contributed by atoms with Crippen LogP contribution in [0.4, 0.5) is 19.0 Å². The quantitative estimate of drug-likeness (QED) is 0.670. The van der Waals surface area contributed by atoms with E-state index >= 15 is 0 Å². The molecule has 0 aliphatic carbocycles. The maximum atomic E-state index is 13.5. The number of aromatic nitrogens is 4. The van der Waals surface area contributed by atoms with E-state index in [1.54, 1.807) is 12.3 Å². The summed E-state index contributed by atoms with van der Waals surface area (Å²) in [5.41, 5.74) is -0.415. The lowest BCUT2D eigenvalue weighted by Crippen LogP contribution is -2.33. The average molecular weight is 433 g/mol. The number of nitrogens with zero attached hydrogens (tertiary/aromatic N) is 5. The van der Waals surface area contributed by atoms with E-state index in [1.165, 1.54) is 16.8 Å². The van der Waals surface area contributed by atoms with Crippen LogP contribution in [0, 0.1) is 0 Å². The Bertz CT molecular complexity index is 1090. The van der Waals surface area contributed by atoms with Crippen LogP contribution in [-0.4, -0.2) is 44.0 Å².